The summed E-state index contributed by atoms with van der Waals surface area (Å²) in [4.78, 5) is 59.5. The number of hydrogen-bond acceptors (Lipinski definition) is 7. The highest BCUT2D eigenvalue weighted by atomic mass is 35.5. The number of benzene rings is 3. The predicted molar refractivity (Wildman–Crippen MR) is 152 cm³/mol. The molecule has 0 saturated carbocycles. The maximum Gasteiger partial charge on any atom is 0.289 e. The van der Waals surface area contributed by atoms with Crippen LogP contribution in [0.15, 0.2) is 71.5 Å². The fraction of sp³-hybridized carbons (Fsp3) is 0.267. The number of nitrogens with one attached hydrogen (secondary N) is 1. The van der Waals surface area contributed by atoms with Crippen molar-refractivity contribution in [3.8, 4) is 5.69 Å². The third-order valence-electron chi connectivity index (χ3n) is 8.47. The van der Waals surface area contributed by atoms with Gasteiger partial charge in [0.25, 0.3) is 11.2 Å². The summed E-state index contributed by atoms with van der Waals surface area (Å²) >= 11 is 6.04. The lowest BCUT2D eigenvalue weighted by Gasteiger charge is -2.32. The summed E-state index contributed by atoms with van der Waals surface area (Å²) in [5.41, 5.74) is -0.0757. The first kappa shape index (κ1) is 25.6. The Bertz CT molecular complexity index is 1890. The number of nitro benzene ring substituents is 1. The van der Waals surface area contributed by atoms with E-state index in [4.69, 9.17) is 16.6 Å². The molecule has 3 aliphatic rings. The molecule has 4 heterocycles. The summed E-state index contributed by atoms with van der Waals surface area (Å²) in [7, 11) is 0. The first-order valence-electron chi connectivity index (χ1n) is 13.4. The molecule has 0 unspecified atom stereocenters. The zero-order chi connectivity index (χ0) is 28.8. The van der Waals surface area contributed by atoms with Crippen LogP contribution in [-0.2, 0) is 15.1 Å². The van der Waals surface area contributed by atoms with Gasteiger partial charge in [0.2, 0.25) is 11.8 Å². The molecule has 0 aliphatic carbocycles. The third kappa shape index (κ3) is 3.34. The van der Waals surface area contributed by atoms with Gasteiger partial charge in [0, 0.05) is 17.7 Å². The summed E-state index contributed by atoms with van der Waals surface area (Å²) < 4.78 is 1.55. The molecular weight excluding hydrogens is 546 g/mol. The molecule has 0 radical (unpaired) electrons. The highest BCUT2D eigenvalue weighted by molar-refractivity contribution is 6.33. The molecule has 10 nitrogen and oxygen atoms in total. The van der Waals surface area contributed by atoms with Gasteiger partial charge in [-0.15, -0.1) is 0 Å². The van der Waals surface area contributed by atoms with E-state index in [0.29, 0.717) is 34.4 Å². The zero-order valence-corrected chi connectivity index (χ0v) is 22.8. The number of amides is 2. The number of carbonyl (C=O) groups is 2. The van der Waals surface area contributed by atoms with Crippen molar-refractivity contribution in [1.82, 2.24) is 14.9 Å². The molecule has 4 atom stereocenters. The Kier molecular flexibility index (Phi) is 5.48. The number of halogens is 1. The van der Waals surface area contributed by atoms with Gasteiger partial charge in [0.1, 0.15) is 16.4 Å². The van der Waals surface area contributed by atoms with Crippen LogP contribution in [0.3, 0.4) is 0 Å². The van der Waals surface area contributed by atoms with E-state index in [0.717, 1.165) is 11.0 Å². The topological polar surface area (TPSA) is 127 Å². The van der Waals surface area contributed by atoms with Crippen LogP contribution < -0.4 is 15.8 Å². The van der Waals surface area contributed by atoms with E-state index in [-0.39, 0.29) is 22.2 Å². The van der Waals surface area contributed by atoms with Crippen molar-refractivity contribution in [3.63, 3.8) is 0 Å². The monoisotopic (exact) mass is 569 g/mol. The van der Waals surface area contributed by atoms with E-state index >= 15 is 0 Å². The maximum absolute atomic E-state index is 14.5. The van der Waals surface area contributed by atoms with Gasteiger partial charge in [-0.2, -0.15) is 0 Å². The quantitative estimate of drug-likeness (QED) is 0.220. The van der Waals surface area contributed by atoms with E-state index in [1.807, 2.05) is 38.1 Å². The van der Waals surface area contributed by atoms with Crippen molar-refractivity contribution in [3.05, 3.63) is 104 Å². The van der Waals surface area contributed by atoms with Gasteiger partial charge in [0.05, 0.1) is 39.0 Å². The number of nitro groups is 1. The average molecular weight is 570 g/mol. The second-order valence-electron chi connectivity index (χ2n) is 11.2. The van der Waals surface area contributed by atoms with Gasteiger partial charge in [-0.05, 0) is 42.7 Å². The standard InChI is InChI=1S/C30H24ClN5O5/c1-15(2)13-21-24-25(28(39)34(27(24)38)16-11-12-19(31)23(14-16)36(40)41)30(33-21)18-8-4-6-10-22(18)35-26(37)17-7-3-5-9-20(17)32-29(30)35/h3-12,14-15,21,24-25,33H,13H2,1-2H3/t21-,24+,25-,30-/m1/s1. The number of rotatable bonds is 4. The van der Waals surface area contributed by atoms with E-state index in [9.17, 15) is 24.5 Å². The number of anilines is 1. The van der Waals surface area contributed by atoms with Gasteiger partial charge >= 0.3 is 0 Å². The number of hydrogen-bond donors (Lipinski definition) is 1. The molecule has 3 aliphatic heterocycles. The molecule has 41 heavy (non-hydrogen) atoms. The number of fused-ring (bicyclic) bond motifs is 8. The van der Waals surface area contributed by atoms with Crippen molar-refractivity contribution in [2.45, 2.75) is 31.8 Å². The summed E-state index contributed by atoms with van der Waals surface area (Å²) in [6.45, 7) is 4.08. The molecule has 3 aromatic carbocycles. The zero-order valence-electron chi connectivity index (χ0n) is 22.1. The molecule has 206 valence electrons. The Morgan fingerprint density at radius 2 is 1.78 bits per heavy atom. The molecule has 2 saturated heterocycles. The van der Waals surface area contributed by atoms with Gasteiger partial charge in [-0.3, -0.25) is 34.4 Å². The predicted octanol–water partition coefficient (Wildman–Crippen LogP) is 4.33. The van der Waals surface area contributed by atoms with Crippen LogP contribution >= 0.6 is 11.6 Å². The largest absolute Gasteiger partial charge is 0.297 e. The fourth-order valence-corrected chi connectivity index (χ4v) is 7.15. The van der Waals surface area contributed by atoms with E-state index in [2.05, 4.69) is 5.32 Å². The van der Waals surface area contributed by atoms with Crippen LogP contribution in [0.1, 0.15) is 31.7 Å². The minimum absolute atomic E-state index is 0.0825. The second-order valence-corrected chi connectivity index (χ2v) is 11.6. The lowest BCUT2D eigenvalue weighted by Crippen LogP contribution is -2.50. The maximum atomic E-state index is 14.5. The molecular formula is C30H24ClN5O5. The lowest BCUT2D eigenvalue weighted by atomic mass is 9.75. The second kappa shape index (κ2) is 8.79. The van der Waals surface area contributed by atoms with Crippen LogP contribution in [0.2, 0.25) is 5.02 Å². The molecule has 1 N–H and O–H groups in total. The molecule has 2 amide bonds. The van der Waals surface area contributed by atoms with Crippen LogP contribution in [-0.4, -0.2) is 32.3 Å². The first-order valence-corrected chi connectivity index (χ1v) is 13.7. The molecule has 1 aromatic heterocycles. The highest BCUT2D eigenvalue weighted by Crippen LogP contribution is 2.56. The van der Waals surface area contributed by atoms with E-state index in [1.54, 1.807) is 28.8 Å². The Morgan fingerprint density at radius 1 is 1.05 bits per heavy atom. The summed E-state index contributed by atoms with van der Waals surface area (Å²) in [5, 5.41) is 15.6. The molecule has 0 bridgehead atoms. The van der Waals surface area contributed by atoms with Crippen molar-refractivity contribution < 1.29 is 14.5 Å². The van der Waals surface area contributed by atoms with Crippen molar-refractivity contribution >= 4 is 45.7 Å². The smallest absolute Gasteiger partial charge is 0.289 e. The van der Waals surface area contributed by atoms with Crippen LogP contribution in [0, 0.1) is 27.9 Å². The highest BCUT2D eigenvalue weighted by Gasteiger charge is 2.69. The number of carbonyl (C=O) groups excluding carboxylic acids is 2. The Morgan fingerprint density at radius 3 is 2.54 bits per heavy atom. The number of imide groups is 1. The summed E-state index contributed by atoms with van der Waals surface area (Å²) in [6.07, 6.45) is 0.580. The minimum atomic E-state index is -1.27. The summed E-state index contributed by atoms with van der Waals surface area (Å²) in [6, 6.07) is 17.9. The molecule has 1 spiro atoms. The molecule has 2 fully saturated rings. The van der Waals surface area contributed by atoms with Crippen molar-refractivity contribution in [1.29, 1.82) is 0 Å². The van der Waals surface area contributed by atoms with Crippen molar-refractivity contribution in [2.24, 2.45) is 17.8 Å². The lowest BCUT2D eigenvalue weighted by molar-refractivity contribution is -0.384. The van der Waals surface area contributed by atoms with Crippen LogP contribution in [0.4, 0.5) is 11.4 Å². The molecule has 7 rings (SSSR count). The van der Waals surface area contributed by atoms with E-state index < -0.39 is 45.8 Å². The normalized spacial score (nSPS) is 24.4. The van der Waals surface area contributed by atoms with Gasteiger partial charge < -0.3 is 0 Å². The third-order valence-corrected chi connectivity index (χ3v) is 8.79. The fourth-order valence-electron chi connectivity index (χ4n) is 6.96. The Hall–Kier alpha value is -4.41. The first-order chi connectivity index (χ1) is 19.6. The average Bonchev–Trinajstić information content (AvgIpc) is 3.52. The SMILES string of the molecule is CC(C)C[C@H]1N[C@]2(c3ccccc3-n3c2nc2ccccc2c3=O)[C@H]2C(=O)N(c3ccc(Cl)c([N+](=O)[O-])c3)C(=O)[C@@H]12. The van der Waals surface area contributed by atoms with Gasteiger partial charge in [-0.25, -0.2) is 9.88 Å². The molecule has 11 heteroatoms. The minimum Gasteiger partial charge on any atom is -0.297 e. The van der Waals surface area contributed by atoms with Crippen LogP contribution in [0.5, 0.6) is 0 Å². The van der Waals surface area contributed by atoms with Crippen LogP contribution in [0.25, 0.3) is 16.6 Å². The van der Waals surface area contributed by atoms with Gasteiger partial charge in [-0.1, -0.05) is 55.8 Å². The number of para-hydroxylation sites is 2. The number of nitrogens with zero attached hydrogens (tertiary/aromatic N) is 4. The number of aromatic nitrogens is 2. The Balaban J connectivity index is 1.50. The Labute approximate surface area is 238 Å². The summed E-state index contributed by atoms with van der Waals surface area (Å²) in [5.74, 6) is -2.17. The van der Waals surface area contributed by atoms with Crippen molar-refractivity contribution in [2.75, 3.05) is 4.90 Å². The van der Waals surface area contributed by atoms with E-state index in [1.165, 1.54) is 12.1 Å². The van der Waals surface area contributed by atoms with Gasteiger partial charge in [0.15, 0.2) is 0 Å². The molecule has 4 aromatic rings.